The van der Waals surface area contributed by atoms with Gasteiger partial charge in [0.1, 0.15) is 0 Å². The van der Waals surface area contributed by atoms with Crippen LogP contribution in [0.15, 0.2) is 34.9 Å². The van der Waals surface area contributed by atoms with Crippen molar-refractivity contribution in [1.82, 2.24) is 25.3 Å². The number of hydrogen-bond acceptors (Lipinski definition) is 5. The van der Waals surface area contributed by atoms with Crippen LogP contribution in [0.2, 0.25) is 0 Å². The normalized spacial score (nSPS) is 16.3. The van der Waals surface area contributed by atoms with Crippen molar-refractivity contribution in [2.45, 2.75) is 25.8 Å². The summed E-state index contributed by atoms with van der Waals surface area (Å²) in [6.45, 7) is 8.14. The third-order valence-electron chi connectivity index (χ3n) is 4.82. The van der Waals surface area contributed by atoms with E-state index in [2.05, 4.69) is 51.3 Å². The second-order valence-corrected chi connectivity index (χ2v) is 7.93. The highest BCUT2D eigenvalue weighted by Crippen LogP contribution is 2.26. The number of morpholine rings is 1. The molecule has 1 aliphatic rings. The van der Waals surface area contributed by atoms with Gasteiger partial charge in [0.15, 0.2) is 5.96 Å². The molecular weight excluding hydrogens is 499 g/mol. The van der Waals surface area contributed by atoms with Gasteiger partial charge in [-0.05, 0) is 36.8 Å². The van der Waals surface area contributed by atoms with Gasteiger partial charge in [0.2, 0.25) is 0 Å². The highest BCUT2D eigenvalue weighted by Gasteiger charge is 2.23. The molecule has 1 fully saturated rings. The maximum atomic E-state index is 5.53. The first-order chi connectivity index (χ1) is 13.8. The summed E-state index contributed by atoms with van der Waals surface area (Å²) < 4.78 is 7.38. The number of aromatic nitrogens is 2. The molecule has 0 radical (unpaired) electrons. The van der Waals surface area contributed by atoms with Gasteiger partial charge < -0.3 is 15.4 Å². The molecule has 0 aromatic carbocycles. The number of rotatable bonds is 9. The zero-order valence-corrected chi connectivity index (χ0v) is 20.5. The lowest BCUT2D eigenvalue weighted by Gasteiger charge is -2.33. The number of nitrogens with zero attached hydrogens (tertiary/aromatic N) is 4. The molecule has 2 N–H and O–H groups in total. The Morgan fingerprint density at radius 2 is 2.17 bits per heavy atom. The molecule has 3 heterocycles. The molecule has 7 nitrogen and oxygen atoms in total. The monoisotopic (exact) mass is 532 g/mol. The number of aryl methyl sites for hydroxylation is 2. The van der Waals surface area contributed by atoms with E-state index in [4.69, 9.17) is 9.73 Å². The number of halogens is 1. The molecule has 1 atom stereocenters. The Morgan fingerprint density at radius 1 is 1.34 bits per heavy atom. The standard InChI is InChI=1S/C20H32N6OS.HI/c1-3-21-20(22-8-4-6-17-14-24-25(2)16-17)23-15-18(19-7-5-13-28-19)26-9-11-27-12-10-26;/h5,7,13-14,16,18H,3-4,6,8-12,15H2,1-2H3,(H2,21,22,23);1H. The van der Waals surface area contributed by atoms with E-state index in [0.717, 1.165) is 64.7 Å². The van der Waals surface area contributed by atoms with E-state index in [-0.39, 0.29) is 24.0 Å². The fourth-order valence-electron chi connectivity index (χ4n) is 3.38. The van der Waals surface area contributed by atoms with Gasteiger partial charge in [-0.1, -0.05) is 6.07 Å². The molecule has 2 aromatic heterocycles. The molecule has 0 saturated carbocycles. The predicted molar refractivity (Wildman–Crippen MR) is 130 cm³/mol. The van der Waals surface area contributed by atoms with Gasteiger partial charge in [-0.15, -0.1) is 35.3 Å². The van der Waals surface area contributed by atoms with Gasteiger partial charge in [-0.2, -0.15) is 5.10 Å². The van der Waals surface area contributed by atoms with Gasteiger partial charge in [0.05, 0.1) is 32.0 Å². The van der Waals surface area contributed by atoms with Crippen LogP contribution in [0.5, 0.6) is 0 Å². The lowest BCUT2D eigenvalue weighted by Crippen LogP contribution is -2.41. The first-order valence-electron chi connectivity index (χ1n) is 10.1. The largest absolute Gasteiger partial charge is 0.379 e. The van der Waals surface area contributed by atoms with Crippen molar-refractivity contribution in [3.05, 3.63) is 40.3 Å². The Hall–Kier alpha value is -1.17. The Kier molecular flexibility index (Phi) is 11.0. The topological polar surface area (TPSA) is 66.7 Å². The number of guanidine groups is 1. The summed E-state index contributed by atoms with van der Waals surface area (Å²) in [4.78, 5) is 8.76. The fraction of sp³-hybridized carbons (Fsp3) is 0.600. The average Bonchev–Trinajstić information content (AvgIpc) is 3.38. The van der Waals surface area contributed by atoms with Crippen LogP contribution in [-0.4, -0.2) is 66.6 Å². The van der Waals surface area contributed by atoms with E-state index < -0.39 is 0 Å². The lowest BCUT2D eigenvalue weighted by atomic mass is 10.2. The van der Waals surface area contributed by atoms with Crippen molar-refractivity contribution >= 4 is 41.3 Å². The molecule has 0 bridgehead atoms. The first-order valence-corrected chi connectivity index (χ1v) is 11.0. The van der Waals surface area contributed by atoms with Crippen molar-refractivity contribution in [3.8, 4) is 0 Å². The fourth-order valence-corrected chi connectivity index (χ4v) is 4.23. The molecule has 2 aromatic rings. The minimum Gasteiger partial charge on any atom is -0.379 e. The van der Waals surface area contributed by atoms with Crippen LogP contribution in [0.4, 0.5) is 0 Å². The van der Waals surface area contributed by atoms with Crippen LogP contribution < -0.4 is 10.6 Å². The summed E-state index contributed by atoms with van der Waals surface area (Å²) in [5, 5.41) is 13.2. The van der Waals surface area contributed by atoms with Crippen LogP contribution in [0.25, 0.3) is 0 Å². The van der Waals surface area contributed by atoms with Crippen LogP contribution in [0.3, 0.4) is 0 Å². The van der Waals surface area contributed by atoms with Crippen LogP contribution in [0, 0.1) is 0 Å². The zero-order chi connectivity index (χ0) is 19.6. The van der Waals surface area contributed by atoms with E-state index in [9.17, 15) is 0 Å². The first kappa shape index (κ1) is 24.1. The van der Waals surface area contributed by atoms with Crippen molar-refractivity contribution in [1.29, 1.82) is 0 Å². The van der Waals surface area contributed by atoms with Gasteiger partial charge in [0, 0.05) is 44.3 Å². The van der Waals surface area contributed by atoms with E-state index in [0.29, 0.717) is 6.04 Å². The highest BCUT2D eigenvalue weighted by atomic mass is 127. The van der Waals surface area contributed by atoms with Gasteiger partial charge in [-0.25, -0.2) is 0 Å². The molecule has 1 aliphatic heterocycles. The van der Waals surface area contributed by atoms with Gasteiger partial charge in [0.25, 0.3) is 0 Å². The van der Waals surface area contributed by atoms with Crippen molar-refractivity contribution in [2.24, 2.45) is 12.0 Å². The van der Waals surface area contributed by atoms with E-state index in [1.807, 2.05) is 29.3 Å². The molecule has 0 spiro atoms. The maximum Gasteiger partial charge on any atom is 0.191 e. The molecule has 162 valence electrons. The Bertz CT molecular complexity index is 714. The number of nitrogens with one attached hydrogen (secondary N) is 2. The second kappa shape index (κ2) is 13.2. The van der Waals surface area contributed by atoms with Gasteiger partial charge in [-0.3, -0.25) is 14.6 Å². The summed E-state index contributed by atoms with van der Waals surface area (Å²) in [6.07, 6.45) is 6.08. The van der Waals surface area contributed by atoms with E-state index in [1.54, 1.807) is 0 Å². The number of ether oxygens (including phenoxy) is 1. The smallest absolute Gasteiger partial charge is 0.191 e. The molecule has 1 saturated heterocycles. The maximum absolute atomic E-state index is 5.53. The zero-order valence-electron chi connectivity index (χ0n) is 17.3. The predicted octanol–water partition coefficient (Wildman–Crippen LogP) is 2.66. The van der Waals surface area contributed by atoms with E-state index >= 15 is 0 Å². The molecule has 9 heteroatoms. The van der Waals surface area contributed by atoms with Gasteiger partial charge >= 0.3 is 0 Å². The molecule has 3 rings (SSSR count). The summed E-state index contributed by atoms with van der Waals surface area (Å²) >= 11 is 1.81. The van der Waals surface area contributed by atoms with Crippen molar-refractivity contribution in [3.63, 3.8) is 0 Å². The third-order valence-corrected chi connectivity index (χ3v) is 5.79. The number of aliphatic imine (C=N–C) groups is 1. The Labute approximate surface area is 194 Å². The summed E-state index contributed by atoms with van der Waals surface area (Å²) in [7, 11) is 1.95. The number of thiophene rings is 1. The molecule has 29 heavy (non-hydrogen) atoms. The summed E-state index contributed by atoms with van der Waals surface area (Å²) in [5.41, 5.74) is 1.27. The Balaban J connectivity index is 0.00000300. The van der Waals surface area contributed by atoms with Crippen LogP contribution >= 0.6 is 35.3 Å². The third kappa shape index (κ3) is 7.88. The minimum absolute atomic E-state index is 0. The van der Waals surface area contributed by atoms with Crippen molar-refractivity contribution < 1.29 is 4.74 Å². The quantitative estimate of drug-likeness (QED) is 0.225. The molecule has 0 amide bonds. The van der Waals surface area contributed by atoms with E-state index in [1.165, 1.54) is 10.4 Å². The van der Waals surface area contributed by atoms with Crippen LogP contribution in [-0.2, 0) is 18.2 Å². The SMILES string of the molecule is CCNC(=NCC(c1cccs1)N1CCOCC1)NCCCc1cnn(C)c1.I. The average molecular weight is 532 g/mol. The van der Waals surface area contributed by atoms with Crippen molar-refractivity contribution in [2.75, 3.05) is 45.9 Å². The molecular formula is C20H33IN6OS. The Morgan fingerprint density at radius 3 is 2.83 bits per heavy atom. The summed E-state index contributed by atoms with van der Waals surface area (Å²) in [6, 6.07) is 4.66. The lowest BCUT2D eigenvalue weighted by molar-refractivity contribution is 0.0186. The number of hydrogen-bond donors (Lipinski definition) is 2. The highest BCUT2D eigenvalue weighted by molar-refractivity contribution is 14.0. The molecule has 1 unspecified atom stereocenters. The van der Waals surface area contributed by atoms with Crippen LogP contribution in [0.1, 0.15) is 29.8 Å². The molecule has 0 aliphatic carbocycles. The minimum atomic E-state index is 0. The second-order valence-electron chi connectivity index (χ2n) is 6.95. The summed E-state index contributed by atoms with van der Waals surface area (Å²) in [5.74, 6) is 0.892.